The highest BCUT2D eigenvalue weighted by atomic mass is 35.5. The summed E-state index contributed by atoms with van der Waals surface area (Å²) in [7, 11) is 0. The number of hydrogen-bond donors (Lipinski definition) is 2. The Morgan fingerprint density at radius 1 is 1.13 bits per heavy atom. The largest absolute Gasteiger partial charge is 0.326 e. The van der Waals surface area contributed by atoms with E-state index in [4.69, 9.17) is 16.9 Å². The number of carbonyl (C=O) groups is 2. The molecular weight excluding hydrogens is 314 g/mol. The Hall–Kier alpha value is -2.84. The quantitative estimate of drug-likeness (QED) is 0.843. The number of nitrogens with one attached hydrogen (secondary N) is 2. The summed E-state index contributed by atoms with van der Waals surface area (Å²) in [4.78, 5) is 23.8. The number of halogens is 1. The second-order valence-corrected chi connectivity index (χ2v) is 5.29. The number of nitriles is 1. The number of nitrogens with zero attached hydrogens (tertiary/aromatic N) is 1. The Labute approximate surface area is 138 Å². The van der Waals surface area contributed by atoms with E-state index in [9.17, 15) is 9.59 Å². The lowest BCUT2D eigenvalue weighted by Gasteiger charge is -2.10. The van der Waals surface area contributed by atoms with Crippen molar-refractivity contribution in [1.29, 1.82) is 5.26 Å². The van der Waals surface area contributed by atoms with Crippen LogP contribution in [0.3, 0.4) is 0 Å². The summed E-state index contributed by atoms with van der Waals surface area (Å²) in [6.07, 6.45) is -0.331. The third-order valence-electron chi connectivity index (χ3n) is 3.14. The molecule has 2 N–H and O–H groups in total. The fourth-order valence-electron chi connectivity index (χ4n) is 1.95. The third-order valence-corrected chi connectivity index (χ3v) is 3.55. The molecule has 0 heterocycles. The Morgan fingerprint density at radius 3 is 2.57 bits per heavy atom. The number of rotatable bonds is 4. The van der Waals surface area contributed by atoms with Crippen LogP contribution in [0.2, 0.25) is 5.02 Å². The van der Waals surface area contributed by atoms with E-state index < -0.39 is 11.8 Å². The second-order valence-electron chi connectivity index (χ2n) is 4.88. The van der Waals surface area contributed by atoms with E-state index in [2.05, 4.69) is 10.6 Å². The van der Waals surface area contributed by atoms with Gasteiger partial charge in [0.15, 0.2) is 0 Å². The lowest BCUT2D eigenvalue weighted by molar-refractivity contribution is -0.123. The van der Waals surface area contributed by atoms with E-state index in [0.29, 0.717) is 22.0 Å². The lowest BCUT2D eigenvalue weighted by atomic mass is 10.2. The fourth-order valence-corrected chi connectivity index (χ4v) is 2.13. The molecule has 2 amide bonds. The van der Waals surface area contributed by atoms with Crippen molar-refractivity contribution >= 4 is 34.8 Å². The standard InChI is InChI=1S/C17H14ClN3O2/c1-11-14(18)6-3-7-15(11)21-17(23)9-16(22)20-13-5-2-4-12(8-13)10-19/h2-8H,9H2,1H3,(H,20,22)(H,21,23). The second kappa shape index (κ2) is 7.43. The highest BCUT2D eigenvalue weighted by molar-refractivity contribution is 6.31. The summed E-state index contributed by atoms with van der Waals surface area (Å²) >= 11 is 5.98. The third kappa shape index (κ3) is 4.56. The summed E-state index contributed by atoms with van der Waals surface area (Å²) in [5.41, 5.74) is 2.22. The zero-order chi connectivity index (χ0) is 16.8. The van der Waals surface area contributed by atoms with Gasteiger partial charge >= 0.3 is 0 Å². The van der Waals surface area contributed by atoms with Crippen LogP contribution in [0.25, 0.3) is 0 Å². The number of anilines is 2. The molecule has 0 bridgehead atoms. The molecule has 2 aromatic rings. The van der Waals surface area contributed by atoms with Gasteiger partial charge < -0.3 is 10.6 Å². The van der Waals surface area contributed by atoms with Gasteiger partial charge in [0.1, 0.15) is 6.42 Å². The molecule has 0 fully saturated rings. The minimum absolute atomic E-state index is 0.331. The molecule has 0 spiro atoms. The van der Waals surface area contributed by atoms with E-state index in [1.54, 1.807) is 43.3 Å². The van der Waals surface area contributed by atoms with Crippen LogP contribution in [0.1, 0.15) is 17.5 Å². The van der Waals surface area contributed by atoms with E-state index in [1.165, 1.54) is 6.07 Å². The molecule has 116 valence electrons. The van der Waals surface area contributed by atoms with Crippen LogP contribution in [-0.2, 0) is 9.59 Å². The molecule has 0 saturated heterocycles. The molecule has 23 heavy (non-hydrogen) atoms. The first-order valence-corrected chi connectivity index (χ1v) is 7.22. The summed E-state index contributed by atoms with van der Waals surface area (Å²) in [6.45, 7) is 1.78. The minimum atomic E-state index is -0.461. The highest BCUT2D eigenvalue weighted by Crippen LogP contribution is 2.23. The Morgan fingerprint density at radius 2 is 1.83 bits per heavy atom. The molecule has 0 aliphatic heterocycles. The lowest BCUT2D eigenvalue weighted by Crippen LogP contribution is -2.21. The smallest absolute Gasteiger partial charge is 0.233 e. The first kappa shape index (κ1) is 16.5. The molecule has 6 heteroatoms. The molecule has 0 aliphatic carbocycles. The van der Waals surface area contributed by atoms with Gasteiger partial charge in [0.05, 0.1) is 11.6 Å². The van der Waals surface area contributed by atoms with Gasteiger partial charge in [0, 0.05) is 16.4 Å². The Kier molecular flexibility index (Phi) is 5.34. The van der Waals surface area contributed by atoms with Gasteiger partial charge in [-0.1, -0.05) is 23.7 Å². The average Bonchev–Trinajstić information content (AvgIpc) is 2.51. The van der Waals surface area contributed by atoms with Gasteiger partial charge in [0.25, 0.3) is 0 Å². The van der Waals surface area contributed by atoms with Gasteiger partial charge in [0.2, 0.25) is 11.8 Å². The highest BCUT2D eigenvalue weighted by Gasteiger charge is 2.12. The average molecular weight is 328 g/mol. The van der Waals surface area contributed by atoms with Crippen molar-refractivity contribution in [1.82, 2.24) is 0 Å². The molecule has 0 radical (unpaired) electrons. The molecule has 0 aromatic heterocycles. The molecule has 0 saturated carbocycles. The number of hydrogen-bond acceptors (Lipinski definition) is 3. The van der Waals surface area contributed by atoms with Crippen LogP contribution in [0.4, 0.5) is 11.4 Å². The zero-order valence-electron chi connectivity index (χ0n) is 12.4. The van der Waals surface area contributed by atoms with Gasteiger partial charge in [-0.15, -0.1) is 0 Å². The first-order chi connectivity index (χ1) is 11.0. The summed E-state index contributed by atoms with van der Waals surface area (Å²) in [6, 6.07) is 13.6. The summed E-state index contributed by atoms with van der Waals surface area (Å²) < 4.78 is 0. The zero-order valence-corrected chi connectivity index (χ0v) is 13.1. The van der Waals surface area contributed by atoms with Crippen molar-refractivity contribution in [2.24, 2.45) is 0 Å². The number of amides is 2. The van der Waals surface area contributed by atoms with Crippen molar-refractivity contribution < 1.29 is 9.59 Å². The van der Waals surface area contributed by atoms with E-state index in [0.717, 1.165) is 5.56 Å². The molecule has 2 aromatic carbocycles. The maximum atomic E-state index is 11.9. The van der Waals surface area contributed by atoms with Gasteiger partial charge in [-0.25, -0.2) is 0 Å². The van der Waals surface area contributed by atoms with Crippen molar-refractivity contribution in [3.63, 3.8) is 0 Å². The molecular formula is C17H14ClN3O2. The monoisotopic (exact) mass is 327 g/mol. The van der Waals surface area contributed by atoms with E-state index in [1.807, 2.05) is 6.07 Å². The number of carbonyl (C=O) groups excluding carboxylic acids is 2. The predicted octanol–water partition coefficient (Wildman–Crippen LogP) is 3.49. The molecule has 5 nitrogen and oxygen atoms in total. The molecule has 0 aliphatic rings. The summed E-state index contributed by atoms with van der Waals surface area (Å²) in [5, 5.41) is 14.6. The fraction of sp³-hybridized carbons (Fsp3) is 0.118. The van der Waals surface area contributed by atoms with Crippen LogP contribution in [-0.4, -0.2) is 11.8 Å². The number of benzene rings is 2. The van der Waals surface area contributed by atoms with Crippen LogP contribution in [0.5, 0.6) is 0 Å². The van der Waals surface area contributed by atoms with Crippen molar-refractivity contribution in [3.8, 4) is 6.07 Å². The van der Waals surface area contributed by atoms with Crippen LogP contribution in [0, 0.1) is 18.3 Å². The van der Waals surface area contributed by atoms with Crippen LogP contribution < -0.4 is 10.6 Å². The normalized spacial score (nSPS) is 9.78. The van der Waals surface area contributed by atoms with Crippen molar-refractivity contribution in [2.75, 3.05) is 10.6 Å². The first-order valence-electron chi connectivity index (χ1n) is 6.84. The SMILES string of the molecule is Cc1c(Cl)cccc1NC(=O)CC(=O)Nc1cccc(C#N)c1. The predicted molar refractivity (Wildman–Crippen MR) is 89.2 cm³/mol. The van der Waals surface area contributed by atoms with Crippen molar-refractivity contribution in [2.45, 2.75) is 13.3 Å². The summed E-state index contributed by atoms with van der Waals surface area (Å²) in [5.74, 6) is -0.901. The maximum absolute atomic E-state index is 11.9. The van der Waals surface area contributed by atoms with Crippen LogP contribution in [0.15, 0.2) is 42.5 Å². The van der Waals surface area contributed by atoms with Gasteiger partial charge in [-0.2, -0.15) is 5.26 Å². The molecule has 0 atom stereocenters. The molecule has 0 unspecified atom stereocenters. The maximum Gasteiger partial charge on any atom is 0.233 e. The van der Waals surface area contributed by atoms with E-state index >= 15 is 0 Å². The van der Waals surface area contributed by atoms with Gasteiger partial charge in [-0.3, -0.25) is 9.59 Å². The van der Waals surface area contributed by atoms with Gasteiger partial charge in [-0.05, 0) is 42.8 Å². The topological polar surface area (TPSA) is 82.0 Å². The Bertz CT molecular complexity index is 797. The van der Waals surface area contributed by atoms with E-state index in [-0.39, 0.29) is 6.42 Å². The minimum Gasteiger partial charge on any atom is -0.326 e. The molecule has 2 rings (SSSR count). The van der Waals surface area contributed by atoms with Crippen LogP contribution >= 0.6 is 11.6 Å². The Balaban J connectivity index is 1.96. The van der Waals surface area contributed by atoms with Crippen molar-refractivity contribution in [3.05, 3.63) is 58.6 Å².